The van der Waals surface area contributed by atoms with Crippen LogP contribution in [0.4, 0.5) is 14.7 Å². The average molecular weight is 456 g/mol. The quantitative estimate of drug-likeness (QED) is 0.623. The second-order valence-electron chi connectivity index (χ2n) is 8.35. The minimum absolute atomic E-state index is 0.103. The molecule has 1 aromatic heterocycles. The van der Waals surface area contributed by atoms with E-state index in [0.29, 0.717) is 62.7 Å². The summed E-state index contributed by atoms with van der Waals surface area (Å²) in [7, 11) is 0. The summed E-state index contributed by atoms with van der Waals surface area (Å²) in [6, 6.07) is 7.30. The molecule has 5 rings (SSSR count). The third-order valence-electron chi connectivity index (χ3n) is 6.36. The number of ether oxygens (including phenoxy) is 1. The molecule has 172 valence electrons. The van der Waals surface area contributed by atoms with Crippen LogP contribution in [0.5, 0.6) is 0 Å². The number of nitrogens with zero attached hydrogens (tertiary/aromatic N) is 1. The fraction of sp³-hybridized carbons (Fsp3) is 0.333. The summed E-state index contributed by atoms with van der Waals surface area (Å²) in [5.41, 5.74) is -0.734. The van der Waals surface area contributed by atoms with Crippen LogP contribution in [-0.2, 0) is 10.3 Å². The Labute approximate surface area is 187 Å². The van der Waals surface area contributed by atoms with Gasteiger partial charge in [0.2, 0.25) is 0 Å². The number of carbonyl (C=O) groups is 1. The normalized spacial score (nSPS) is 21.0. The average Bonchev–Trinajstić information content (AvgIpc) is 3.29. The predicted octanol–water partition coefficient (Wildman–Crippen LogP) is 3.23. The lowest BCUT2D eigenvalue weighted by Crippen LogP contribution is -2.39. The van der Waals surface area contributed by atoms with E-state index in [1.807, 2.05) is 4.90 Å². The molecule has 0 unspecified atom stereocenters. The summed E-state index contributed by atoms with van der Waals surface area (Å²) in [5.74, 6) is -2.36. The van der Waals surface area contributed by atoms with E-state index < -0.39 is 23.1 Å². The number of nitrogens with one attached hydrogen (secondary N) is 1. The van der Waals surface area contributed by atoms with Gasteiger partial charge in [0.1, 0.15) is 17.2 Å². The number of aromatic carboxylic acids is 1. The first-order chi connectivity index (χ1) is 15.9. The minimum Gasteiger partial charge on any atom is -0.478 e. The number of hydrogen-bond donors (Lipinski definition) is 2. The van der Waals surface area contributed by atoms with E-state index in [1.165, 1.54) is 30.3 Å². The number of rotatable bonds is 4. The van der Waals surface area contributed by atoms with Crippen molar-refractivity contribution >= 4 is 22.8 Å². The molecule has 0 bridgehead atoms. The van der Waals surface area contributed by atoms with Crippen LogP contribution in [0.25, 0.3) is 11.0 Å². The zero-order valence-electron chi connectivity index (χ0n) is 17.7. The van der Waals surface area contributed by atoms with Gasteiger partial charge in [0.05, 0.1) is 29.7 Å². The van der Waals surface area contributed by atoms with Gasteiger partial charge < -0.3 is 24.5 Å². The van der Waals surface area contributed by atoms with Crippen LogP contribution in [0.2, 0.25) is 0 Å². The summed E-state index contributed by atoms with van der Waals surface area (Å²) in [5, 5.41) is 13.1. The van der Waals surface area contributed by atoms with Crippen LogP contribution in [-0.4, -0.2) is 43.9 Å². The van der Waals surface area contributed by atoms with E-state index >= 15 is 0 Å². The van der Waals surface area contributed by atoms with Gasteiger partial charge in [-0.3, -0.25) is 4.79 Å². The second-order valence-corrected chi connectivity index (χ2v) is 8.35. The van der Waals surface area contributed by atoms with Crippen molar-refractivity contribution in [2.24, 2.45) is 0 Å². The van der Waals surface area contributed by atoms with Gasteiger partial charge in [0.25, 0.3) is 0 Å². The molecule has 2 aliphatic heterocycles. The highest BCUT2D eigenvalue weighted by molar-refractivity contribution is 5.95. The molecule has 33 heavy (non-hydrogen) atoms. The third-order valence-corrected chi connectivity index (χ3v) is 6.36. The molecule has 3 aromatic rings. The summed E-state index contributed by atoms with van der Waals surface area (Å²) >= 11 is 0. The fourth-order valence-corrected chi connectivity index (χ4v) is 4.80. The molecule has 2 aliphatic rings. The molecule has 0 aliphatic carbocycles. The molecule has 2 saturated heterocycles. The molecule has 0 spiro atoms. The van der Waals surface area contributed by atoms with E-state index in [9.17, 15) is 23.5 Å². The first kappa shape index (κ1) is 21.5. The van der Waals surface area contributed by atoms with Crippen molar-refractivity contribution < 1.29 is 27.8 Å². The molecule has 2 N–H and O–H groups in total. The smallest absolute Gasteiger partial charge is 0.335 e. The maximum absolute atomic E-state index is 14.2. The summed E-state index contributed by atoms with van der Waals surface area (Å²) < 4.78 is 40.0. The Hall–Kier alpha value is -3.30. The number of halogens is 2. The molecule has 2 aromatic carbocycles. The van der Waals surface area contributed by atoms with Crippen LogP contribution in [0.1, 0.15) is 34.3 Å². The monoisotopic (exact) mass is 456 g/mol. The van der Waals surface area contributed by atoms with E-state index in [1.54, 1.807) is 0 Å². The second kappa shape index (κ2) is 8.24. The molecular formula is C24H22F2N2O5. The Morgan fingerprint density at radius 1 is 1.06 bits per heavy atom. The first-order valence-corrected chi connectivity index (χ1v) is 10.8. The molecule has 0 amide bonds. The predicted molar refractivity (Wildman–Crippen MR) is 117 cm³/mol. The number of carboxylic acid groups (broad SMARTS) is 1. The van der Waals surface area contributed by atoms with E-state index in [2.05, 4.69) is 5.32 Å². The highest BCUT2D eigenvalue weighted by atomic mass is 19.1. The Balaban J connectivity index is 1.81. The molecule has 1 atom stereocenters. The minimum atomic E-state index is -1.21. The number of fused-ring (bicyclic) bond motifs is 1. The van der Waals surface area contributed by atoms with Gasteiger partial charge in [0.15, 0.2) is 11.3 Å². The van der Waals surface area contributed by atoms with Gasteiger partial charge in [-0.1, -0.05) is 0 Å². The standard InChI is InChI=1S/C24H22F2N2O5/c25-16-10-15(11-17(26)12-16)24(2-1-3-27-24)19-9-14(23(30)31)8-18-20(29)13-21(33-22(18)19)28-4-6-32-7-5-28/h8-13,27H,1-7H2,(H,30,31)/t24-/m1/s1. The van der Waals surface area contributed by atoms with E-state index in [0.717, 1.165) is 6.07 Å². The largest absolute Gasteiger partial charge is 0.478 e. The molecular weight excluding hydrogens is 434 g/mol. The van der Waals surface area contributed by atoms with Crippen molar-refractivity contribution in [3.05, 3.63) is 74.9 Å². The molecule has 0 radical (unpaired) electrons. The highest BCUT2D eigenvalue weighted by Gasteiger charge is 2.41. The lowest BCUT2D eigenvalue weighted by Gasteiger charge is -2.32. The maximum Gasteiger partial charge on any atom is 0.335 e. The van der Waals surface area contributed by atoms with E-state index in [-0.39, 0.29) is 22.0 Å². The SMILES string of the molecule is O=C(O)c1cc([C@]2(c3cc(F)cc(F)c3)CCCN2)c2oc(N3CCOCC3)cc(=O)c2c1. The topological polar surface area (TPSA) is 92.0 Å². The number of anilines is 1. The number of benzene rings is 2. The van der Waals surface area contributed by atoms with Gasteiger partial charge >= 0.3 is 5.97 Å². The Bertz CT molecular complexity index is 1270. The zero-order chi connectivity index (χ0) is 23.2. The molecule has 7 nitrogen and oxygen atoms in total. The summed E-state index contributed by atoms with van der Waals surface area (Å²) in [6.07, 6.45) is 1.13. The van der Waals surface area contributed by atoms with Gasteiger partial charge in [-0.2, -0.15) is 0 Å². The van der Waals surface area contributed by atoms with Crippen LogP contribution < -0.4 is 15.6 Å². The van der Waals surface area contributed by atoms with Crippen molar-refractivity contribution in [3.8, 4) is 0 Å². The van der Waals surface area contributed by atoms with Gasteiger partial charge in [0, 0.05) is 30.8 Å². The van der Waals surface area contributed by atoms with Crippen molar-refractivity contribution in [3.63, 3.8) is 0 Å². The van der Waals surface area contributed by atoms with Crippen molar-refractivity contribution in [2.75, 3.05) is 37.7 Å². The van der Waals surface area contributed by atoms with Crippen molar-refractivity contribution in [1.29, 1.82) is 0 Å². The Kier molecular flexibility index (Phi) is 5.38. The molecule has 9 heteroatoms. The Morgan fingerprint density at radius 3 is 2.42 bits per heavy atom. The van der Waals surface area contributed by atoms with Gasteiger partial charge in [-0.15, -0.1) is 0 Å². The zero-order valence-corrected chi connectivity index (χ0v) is 17.7. The van der Waals surface area contributed by atoms with Crippen LogP contribution in [0.15, 0.2) is 45.6 Å². The third kappa shape index (κ3) is 3.77. The summed E-state index contributed by atoms with van der Waals surface area (Å²) in [4.78, 5) is 26.9. The van der Waals surface area contributed by atoms with Gasteiger partial charge in [-0.25, -0.2) is 13.6 Å². The number of carboxylic acids is 1. The number of morpholine rings is 1. The van der Waals surface area contributed by atoms with Crippen LogP contribution in [0.3, 0.4) is 0 Å². The molecule has 2 fully saturated rings. The molecule has 0 saturated carbocycles. The van der Waals surface area contributed by atoms with Crippen LogP contribution >= 0.6 is 0 Å². The van der Waals surface area contributed by atoms with Crippen molar-refractivity contribution in [2.45, 2.75) is 18.4 Å². The maximum atomic E-state index is 14.2. The van der Waals surface area contributed by atoms with E-state index in [4.69, 9.17) is 9.15 Å². The molecule has 3 heterocycles. The lowest BCUT2D eigenvalue weighted by molar-refractivity contribution is 0.0697. The lowest BCUT2D eigenvalue weighted by atomic mass is 9.80. The Morgan fingerprint density at radius 2 is 1.79 bits per heavy atom. The van der Waals surface area contributed by atoms with Crippen LogP contribution in [0, 0.1) is 11.6 Å². The first-order valence-electron chi connectivity index (χ1n) is 10.8. The summed E-state index contributed by atoms with van der Waals surface area (Å²) in [6.45, 7) is 2.59. The fourth-order valence-electron chi connectivity index (χ4n) is 4.80. The number of hydrogen-bond acceptors (Lipinski definition) is 6. The van der Waals surface area contributed by atoms with Crippen molar-refractivity contribution in [1.82, 2.24) is 5.32 Å². The highest BCUT2D eigenvalue weighted by Crippen LogP contribution is 2.42. The van der Waals surface area contributed by atoms with Gasteiger partial charge in [-0.05, 0) is 49.2 Å².